The Kier molecular flexibility index (Phi) is 3.78. The van der Waals surface area contributed by atoms with E-state index in [0.717, 1.165) is 24.5 Å². The maximum absolute atomic E-state index is 5.41. The van der Waals surface area contributed by atoms with Gasteiger partial charge in [0.05, 0.1) is 20.8 Å². The second-order valence-electron chi connectivity index (χ2n) is 4.51. The summed E-state index contributed by atoms with van der Waals surface area (Å²) in [6, 6.07) is 4.48. The third-order valence-electron chi connectivity index (χ3n) is 3.61. The van der Waals surface area contributed by atoms with Crippen LogP contribution in [0.4, 0.5) is 0 Å². The van der Waals surface area contributed by atoms with E-state index in [1.807, 2.05) is 0 Å². The highest BCUT2D eigenvalue weighted by Gasteiger charge is 2.25. The molecule has 0 saturated heterocycles. The van der Waals surface area contributed by atoms with E-state index in [2.05, 4.69) is 29.9 Å². The first kappa shape index (κ1) is 12.8. The molecular formula is C15H19NO2. The quantitative estimate of drug-likeness (QED) is 0.762. The van der Waals surface area contributed by atoms with Crippen LogP contribution >= 0.6 is 0 Å². The van der Waals surface area contributed by atoms with Gasteiger partial charge in [-0.3, -0.25) is 4.90 Å². The number of benzene rings is 1. The number of ether oxygens (including phenoxy) is 2. The summed E-state index contributed by atoms with van der Waals surface area (Å²) in [6.07, 6.45) is 6.41. The Bertz CT molecular complexity index is 476. The monoisotopic (exact) mass is 245 g/mol. The molecule has 0 spiro atoms. The lowest BCUT2D eigenvalue weighted by molar-refractivity contribution is 0.223. The van der Waals surface area contributed by atoms with Gasteiger partial charge in [0, 0.05) is 12.6 Å². The molecular weight excluding hydrogens is 226 g/mol. The van der Waals surface area contributed by atoms with E-state index in [1.54, 1.807) is 14.2 Å². The summed E-state index contributed by atoms with van der Waals surface area (Å²) in [6.45, 7) is 3.87. The minimum Gasteiger partial charge on any atom is -0.493 e. The molecule has 0 N–H and O–H groups in total. The Labute approximate surface area is 109 Å². The number of nitrogens with zero attached hydrogens (tertiary/aromatic N) is 1. The number of terminal acetylenes is 1. The van der Waals surface area contributed by atoms with Gasteiger partial charge in [-0.15, -0.1) is 6.42 Å². The molecule has 1 aromatic rings. The normalized spacial score (nSPS) is 18.9. The van der Waals surface area contributed by atoms with Crippen molar-refractivity contribution in [2.75, 3.05) is 27.3 Å². The molecule has 0 saturated carbocycles. The molecule has 0 aromatic heterocycles. The third-order valence-corrected chi connectivity index (χ3v) is 3.61. The first-order chi connectivity index (χ1) is 8.71. The zero-order chi connectivity index (χ0) is 13.1. The molecule has 0 radical (unpaired) electrons. The summed E-state index contributed by atoms with van der Waals surface area (Å²) in [5.41, 5.74) is 2.61. The molecule has 1 aromatic carbocycles. The van der Waals surface area contributed by atoms with Crippen molar-refractivity contribution in [3.05, 3.63) is 23.3 Å². The average molecular weight is 245 g/mol. The van der Waals surface area contributed by atoms with Crippen LogP contribution in [0, 0.1) is 12.3 Å². The Balaban J connectivity index is 2.39. The highest BCUT2D eigenvalue weighted by molar-refractivity contribution is 5.49. The maximum Gasteiger partial charge on any atom is 0.161 e. The van der Waals surface area contributed by atoms with Crippen molar-refractivity contribution < 1.29 is 9.47 Å². The summed E-state index contributed by atoms with van der Waals surface area (Å²) in [5, 5.41) is 0. The fourth-order valence-corrected chi connectivity index (χ4v) is 2.53. The van der Waals surface area contributed by atoms with Gasteiger partial charge in [0.1, 0.15) is 0 Å². The molecule has 0 fully saturated rings. The van der Waals surface area contributed by atoms with Crippen LogP contribution in [0.2, 0.25) is 0 Å². The molecule has 1 aliphatic heterocycles. The fourth-order valence-electron chi connectivity index (χ4n) is 2.53. The largest absolute Gasteiger partial charge is 0.493 e. The van der Waals surface area contributed by atoms with Gasteiger partial charge in [-0.2, -0.15) is 0 Å². The smallest absolute Gasteiger partial charge is 0.161 e. The molecule has 0 aliphatic carbocycles. The maximum atomic E-state index is 5.41. The first-order valence-electron chi connectivity index (χ1n) is 6.13. The number of fused-ring (bicyclic) bond motifs is 1. The van der Waals surface area contributed by atoms with Crippen molar-refractivity contribution in [1.82, 2.24) is 4.90 Å². The van der Waals surface area contributed by atoms with Crippen LogP contribution in [0.25, 0.3) is 0 Å². The van der Waals surface area contributed by atoms with Crippen molar-refractivity contribution >= 4 is 0 Å². The van der Waals surface area contributed by atoms with Crippen LogP contribution < -0.4 is 9.47 Å². The number of methoxy groups -OCH3 is 2. The van der Waals surface area contributed by atoms with Crippen molar-refractivity contribution in [3.63, 3.8) is 0 Å². The Morgan fingerprint density at radius 3 is 2.61 bits per heavy atom. The standard InChI is InChI=1S/C15H19NO2/c1-5-7-16-8-6-12-9-14(17-3)15(18-4)10-13(12)11(16)2/h1,9-11H,6-8H2,2-4H3/t11-/m1/s1. The zero-order valence-electron chi connectivity index (χ0n) is 11.2. The SMILES string of the molecule is C#CCN1CCc2cc(OC)c(OC)cc2[C@H]1C. The van der Waals surface area contributed by atoms with E-state index in [-0.39, 0.29) is 0 Å². The number of hydrogen-bond donors (Lipinski definition) is 0. The molecule has 2 rings (SSSR count). The average Bonchev–Trinajstić information content (AvgIpc) is 2.41. The van der Waals surface area contributed by atoms with Crippen LogP contribution in [0.15, 0.2) is 12.1 Å². The summed E-state index contributed by atoms with van der Waals surface area (Å²) >= 11 is 0. The van der Waals surface area contributed by atoms with Crippen molar-refractivity contribution in [1.29, 1.82) is 0 Å². The molecule has 1 heterocycles. The van der Waals surface area contributed by atoms with Crippen LogP contribution in [-0.2, 0) is 6.42 Å². The first-order valence-corrected chi connectivity index (χ1v) is 6.13. The van der Waals surface area contributed by atoms with Gasteiger partial charge in [-0.1, -0.05) is 5.92 Å². The van der Waals surface area contributed by atoms with Gasteiger partial charge in [-0.25, -0.2) is 0 Å². The lowest BCUT2D eigenvalue weighted by Gasteiger charge is -2.34. The van der Waals surface area contributed by atoms with Gasteiger partial charge in [-0.05, 0) is 36.6 Å². The Morgan fingerprint density at radius 2 is 2.00 bits per heavy atom. The second kappa shape index (κ2) is 5.32. The lowest BCUT2D eigenvalue weighted by atomic mass is 9.93. The number of rotatable bonds is 3. The molecule has 3 nitrogen and oxygen atoms in total. The minimum atomic E-state index is 0.324. The second-order valence-corrected chi connectivity index (χ2v) is 4.51. The summed E-state index contributed by atoms with van der Waals surface area (Å²) < 4.78 is 10.7. The lowest BCUT2D eigenvalue weighted by Crippen LogP contribution is -2.34. The minimum absolute atomic E-state index is 0.324. The van der Waals surface area contributed by atoms with E-state index >= 15 is 0 Å². The van der Waals surface area contributed by atoms with Crippen LogP contribution in [0.1, 0.15) is 24.1 Å². The molecule has 96 valence electrons. The highest BCUT2D eigenvalue weighted by atomic mass is 16.5. The van der Waals surface area contributed by atoms with Crippen molar-refractivity contribution in [3.8, 4) is 23.8 Å². The van der Waals surface area contributed by atoms with E-state index in [1.165, 1.54) is 11.1 Å². The van der Waals surface area contributed by atoms with Crippen LogP contribution in [-0.4, -0.2) is 32.2 Å². The Hall–Kier alpha value is -1.66. The predicted molar refractivity (Wildman–Crippen MR) is 72.1 cm³/mol. The van der Waals surface area contributed by atoms with Gasteiger partial charge < -0.3 is 9.47 Å². The zero-order valence-corrected chi connectivity index (χ0v) is 11.2. The third kappa shape index (κ3) is 2.16. The van der Waals surface area contributed by atoms with E-state index < -0.39 is 0 Å². The van der Waals surface area contributed by atoms with Gasteiger partial charge >= 0.3 is 0 Å². The molecule has 0 amide bonds. The van der Waals surface area contributed by atoms with Gasteiger partial charge in [0.2, 0.25) is 0 Å². The van der Waals surface area contributed by atoms with Crippen molar-refractivity contribution in [2.24, 2.45) is 0 Å². The van der Waals surface area contributed by atoms with E-state index in [9.17, 15) is 0 Å². The van der Waals surface area contributed by atoms with Gasteiger partial charge in [0.15, 0.2) is 11.5 Å². The van der Waals surface area contributed by atoms with E-state index in [4.69, 9.17) is 15.9 Å². The fraction of sp³-hybridized carbons (Fsp3) is 0.467. The summed E-state index contributed by atoms with van der Waals surface area (Å²) in [7, 11) is 3.33. The topological polar surface area (TPSA) is 21.7 Å². The predicted octanol–water partition coefficient (Wildman–Crippen LogP) is 2.26. The molecule has 3 heteroatoms. The molecule has 0 bridgehead atoms. The molecule has 1 atom stereocenters. The Morgan fingerprint density at radius 1 is 1.33 bits per heavy atom. The van der Waals surface area contributed by atoms with Crippen LogP contribution in [0.5, 0.6) is 11.5 Å². The molecule has 18 heavy (non-hydrogen) atoms. The molecule has 0 unspecified atom stereocenters. The van der Waals surface area contributed by atoms with E-state index in [0.29, 0.717) is 12.6 Å². The molecule has 1 aliphatic rings. The number of hydrogen-bond acceptors (Lipinski definition) is 3. The van der Waals surface area contributed by atoms with Crippen LogP contribution in [0.3, 0.4) is 0 Å². The highest BCUT2D eigenvalue weighted by Crippen LogP contribution is 2.37. The summed E-state index contributed by atoms with van der Waals surface area (Å²) in [5.74, 6) is 4.30. The van der Waals surface area contributed by atoms with Gasteiger partial charge in [0.25, 0.3) is 0 Å². The van der Waals surface area contributed by atoms with Crippen molar-refractivity contribution in [2.45, 2.75) is 19.4 Å². The summed E-state index contributed by atoms with van der Waals surface area (Å²) in [4.78, 5) is 2.30.